The van der Waals surface area contributed by atoms with Crippen molar-refractivity contribution in [3.05, 3.63) is 48.0 Å². The number of carbonyl (C=O) groups excluding carboxylic acids is 3. The predicted molar refractivity (Wildman–Crippen MR) is 144 cm³/mol. The lowest BCUT2D eigenvalue weighted by Gasteiger charge is -2.26. The summed E-state index contributed by atoms with van der Waals surface area (Å²) in [4.78, 5) is 57.9. The molecule has 1 aromatic heterocycles. The number of carboxylic acids is 1. The van der Waals surface area contributed by atoms with Gasteiger partial charge < -0.3 is 36.9 Å². The van der Waals surface area contributed by atoms with E-state index in [4.69, 9.17) is 5.73 Å². The standard InChI is InChI=1S/C27H40N6O6/c1-15(2)9-21(25(36)33-23(27(38)39)10-16(3)4)32-26(37)22(12-18-13-29-14-30-18)31-24(35)20(28)11-17-5-7-19(34)8-6-17/h5-8,13-16,20-23,34H,9-12,28H2,1-4H3,(H,29,30)(H,31,35)(H,32,37)(H,33,36)(H,38,39). The van der Waals surface area contributed by atoms with Crippen molar-refractivity contribution >= 4 is 23.7 Å². The van der Waals surface area contributed by atoms with Crippen molar-refractivity contribution in [3.8, 4) is 5.75 Å². The van der Waals surface area contributed by atoms with Crippen LogP contribution in [-0.2, 0) is 32.0 Å². The van der Waals surface area contributed by atoms with Crippen LogP contribution in [0.1, 0.15) is 51.8 Å². The van der Waals surface area contributed by atoms with Crippen molar-refractivity contribution in [1.82, 2.24) is 25.9 Å². The number of carbonyl (C=O) groups is 4. The number of aliphatic carboxylic acids is 1. The maximum atomic E-state index is 13.4. The number of nitrogens with one attached hydrogen (secondary N) is 4. The predicted octanol–water partition coefficient (Wildman–Crippen LogP) is 0.859. The average Bonchev–Trinajstić information content (AvgIpc) is 3.36. The number of amides is 3. The molecule has 0 spiro atoms. The van der Waals surface area contributed by atoms with Crippen LogP contribution in [0, 0.1) is 11.8 Å². The number of nitrogens with two attached hydrogens (primary N) is 1. The van der Waals surface area contributed by atoms with Crippen molar-refractivity contribution in [2.75, 3.05) is 0 Å². The Kier molecular flexibility index (Phi) is 11.9. The average molecular weight is 545 g/mol. The summed E-state index contributed by atoms with van der Waals surface area (Å²) in [5.41, 5.74) is 7.41. The Morgan fingerprint density at radius 2 is 1.38 bits per heavy atom. The molecule has 0 saturated heterocycles. The second-order valence-corrected chi connectivity index (χ2v) is 10.5. The number of phenolic OH excluding ortho intramolecular Hbond substituents is 1. The van der Waals surface area contributed by atoms with Crippen LogP contribution in [0.4, 0.5) is 0 Å². The topological polar surface area (TPSA) is 200 Å². The zero-order chi connectivity index (χ0) is 29.1. The van der Waals surface area contributed by atoms with E-state index in [0.29, 0.717) is 5.69 Å². The molecule has 0 aliphatic rings. The van der Waals surface area contributed by atoms with Crippen LogP contribution >= 0.6 is 0 Å². The summed E-state index contributed by atoms with van der Waals surface area (Å²) in [6.07, 6.45) is 3.69. The maximum Gasteiger partial charge on any atom is 0.326 e. The van der Waals surface area contributed by atoms with Crippen molar-refractivity contribution in [1.29, 1.82) is 0 Å². The first-order valence-corrected chi connectivity index (χ1v) is 13.0. The van der Waals surface area contributed by atoms with E-state index in [1.807, 2.05) is 27.7 Å². The number of benzene rings is 1. The molecule has 0 aliphatic carbocycles. The molecule has 2 aromatic rings. The molecule has 0 fully saturated rings. The molecule has 1 aromatic carbocycles. The highest BCUT2D eigenvalue weighted by atomic mass is 16.4. The number of aromatic nitrogens is 2. The third-order valence-electron chi connectivity index (χ3n) is 6.00. The highest BCUT2D eigenvalue weighted by Gasteiger charge is 2.31. The Labute approximate surface area is 228 Å². The summed E-state index contributed by atoms with van der Waals surface area (Å²) in [5.74, 6) is -2.83. The molecule has 12 heteroatoms. The van der Waals surface area contributed by atoms with Crippen molar-refractivity contribution in [3.63, 3.8) is 0 Å². The van der Waals surface area contributed by atoms with Gasteiger partial charge in [0.05, 0.1) is 12.4 Å². The molecule has 4 unspecified atom stereocenters. The fraction of sp³-hybridized carbons (Fsp3) is 0.519. The van der Waals surface area contributed by atoms with Gasteiger partial charge in [-0.2, -0.15) is 0 Å². The molecule has 1 heterocycles. The second kappa shape index (κ2) is 14.9. The lowest BCUT2D eigenvalue weighted by molar-refractivity contribution is -0.143. The van der Waals surface area contributed by atoms with E-state index < -0.39 is 47.9 Å². The van der Waals surface area contributed by atoms with Gasteiger partial charge in [0, 0.05) is 18.3 Å². The summed E-state index contributed by atoms with van der Waals surface area (Å²) in [6, 6.07) is 2.10. The number of hydrogen-bond donors (Lipinski definition) is 7. The number of imidazole rings is 1. The minimum atomic E-state index is -1.15. The quantitative estimate of drug-likeness (QED) is 0.171. The lowest BCUT2D eigenvalue weighted by Crippen LogP contribution is -2.58. The molecular formula is C27H40N6O6. The Morgan fingerprint density at radius 1 is 0.846 bits per heavy atom. The Balaban J connectivity index is 2.17. The summed E-state index contributed by atoms with van der Waals surface area (Å²) in [7, 11) is 0. The number of aromatic hydroxyl groups is 1. The van der Waals surface area contributed by atoms with Gasteiger partial charge in [-0.25, -0.2) is 9.78 Å². The molecule has 214 valence electrons. The van der Waals surface area contributed by atoms with Gasteiger partial charge in [-0.1, -0.05) is 39.8 Å². The molecule has 0 radical (unpaired) electrons. The van der Waals surface area contributed by atoms with E-state index in [1.165, 1.54) is 24.7 Å². The first kappa shape index (κ1) is 31.3. The number of phenols is 1. The van der Waals surface area contributed by atoms with E-state index in [-0.39, 0.29) is 43.3 Å². The Bertz CT molecular complexity index is 1090. The van der Waals surface area contributed by atoms with Gasteiger partial charge in [0.15, 0.2) is 0 Å². The number of hydrogen-bond acceptors (Lipinski definition) is 7. The number of aromatic amines is 1. The molecule has 0 aliphatic heterocycles. The highest BCUT2D eigenvalue weighted by molar-refractivity contribution is 5.94. The van der Waals surface area contributed by atoms with Crippen molar-refractivity contribution in [2.45, 2.75) is 77.5 Å². The molecule has 0 bridgehead atoms. The van der Waals surface area contributed by atoms with Crippen LogP contribution in [0.2, 0.25) is 0 Å². The van der Waals surface area contributed by atoms with Crippen LogP contribution < -0.4 is 21.7 Å². The Hall–Kier alpha value is -3.93. The van der Waals surface area contributed by atoms with Crippen LogP contribution in [0.15, 0.2) is 36.8 Å². The second-order valence-electron chi connectivity index (χ2n) is 10.5. The lowest BCUT2D eigenvalue weighted by atomic mass is 10.00. The maximum absolute atomic E-state index is 13.4. The van der Waals surface area contributed by atoms with Gasteiger partial charge in [0.1, 0.15) is 23.9 Å². The van der Waals surface area contributed by atoms with E-state index in [2.05, 4.69) is 25.9 Å². The number of H-pyrrole nitrogens is 1. The van der Waals surface area contributed by atoms with E-state index in [1.54, 1.807) is 12.1 Å². The zero-order valence-corrected chi connectivity index (χ0v) is 22.8. The van der Waals surface area contributed by atoms with Gasteiger partial charge in [-0.05, 0) is 48.8 Å². The largest absolute Gasteiger partial charge is 0.508 e. The number of rotatable bonds is 15. The summed E-state index contributed by atoms with van der Waals surface area (Å²) >= 11 is 0. The van der Waals surface area contributed by atoms with Gasteiger partial charge in [0.2, 0.25) is 17.7 Å². The Morgan fingerprint density at radius 3 is 1.92 bits per heavy atom. The fourth-order valence-corrected chi connectivity index (χ4v) is 4.02. The molecule has 2 rings (SSSR count). The molecular weight excluding hydrogens is 504 g/mol. The first-order valence-electron chi connectivity index (χ1n) is 13.0. The molecule has 0 saturated carbocycles. The summed E-state index contributed by atoms with van der Waals surface area (Å²) in [6.45, 7) is 7.46. The smallest absolute Gasteiger partial charge is 0.326 e. The molecule has 8 N–H and O–H groups in total. The highest BCUT2D eigenvalue weighted by Crippen LogP contribution is 2.12. The van der Waals surface area contributed by atoms with Gasteiger partial charge in [0.25, 0.3) is 0 Å². The van der Waals surface area contributed by atoms with Gasteiger partial charge in [-0.15, -0.1) is 0 Å². The van der Waals surface area contributed by atoms with Crippen LogP contribution in [-0.4, -0.2) is 68.0 Å². The van der Waals surface area contributed by atoms with Crippen LogP contribution in [0.25, 0.3) is 0 Å². The fourth-order valence-electron chi connectivity index (χ4n) is 4.02. The van der Waals surface area contributed by atoms with Gasteiger partial charge in [-0.3, -0.25) is 14.4 Å². The monoisotopic (exact) mass is 544 g/mol. The van der Waals surface area contributed by atoms with E-state index >= 15 is 0 Å². The van der Waals surface area contributed by atoms with Crippen molar-refractivity contribution in [2.24, 2.45) is 17.6 Å². The third-order valence-corrected chi connectivity index (χ3v) is 6.00. The summed E-state index contributed by atoms with van der Waals surface area (Å²) < 4.78 is 0. The van der Waals surface area contributed by atoms with Crippen molar-refractivity contribution < 1.29 is 29.4 Å². The van der Waals surface area contributed by atoms with Crippen LogP contribution in [0.3, 0.4) is 0 Å². The SMILES string of the molecule is CC(C)CC(NC(=O)C(CC(C)C)NC(=O)C(Cc1cnc[nH]1)NC(=O)C(N)Cc1ccc(O)cc1)C(=O)O. The summed E-state index contributed by atoms with van der Waals surface area (Å²) in [5, 5.41) is 26.9. The van der Waals surface area contributed by atoms with Gasteiger partial charge >= 0.3 is 5.97 Å². The normalized spacial score (nSPS) is 14.3. The zero-order valence-electron chi connectivity index (χ0n) is 22.8. The molecule has 39 heavy (non-hydrogen) atoms. The van der Waals surface area contributed by atoms with E-state index in [9.17, 15) is 29.4 Å². The third kappa shape index (κ3) is 10.8. The van der Waals surface area contributed by atoms with E-state index in [0.717, 1.165) is 5.56 Å². The minimum absolute atomic E-state index is 0.00815. The number of nitrogens with zero attached hydrogens (tertiary/aromatic N) is 1. The molecule has 4 atom stereocenters. The van der Waals surface area contributed by atoms with Crippen LogP contribution in [0.5, 0.6) is 5.75 Å². The molecule has 3 amide bonds. The first-order chi connectivity index (χ1) is 18.3. The molecule has 12 nitrogen and oxygen atoms in total. The number of carboxylic acid groups (broad SMARTS) is 1. The minimum Gasteiger partial charge on any atom is -0.508 e.